The standard InChI is InChI=1S/C18H16N2O2/c1-12-7-8-14-10-15(18(22)20-16(14)9-12)11-19-17(21)13-5-3-2-4-6-13/h2-10H,11H2,1H3,(H,19,21)(H,20,22). The Kier molecular flexibility index (Phi) is 3.74. The minimum Gasteiger partial charge on any atom is -0.348 e. The average Bonchev–Trinajstić information content (AvgIpc) is 2.53. The fraction of sp³-hybridized carbons (Fsp3) is 0.111. The van der Waals surface area contributed by atoms with Gasteiger partial charge in [-0.1, -0.05) is 30.3 Å². The highest BCUT2D eigenvalue weighted by molar-refractivity contribution is 5.94. The van der Waals surface area contributed by atoms with E-state index in [4.69, 9.17) is 0 Å². The van der Waals surface area contributed by atoms with Crippen molar-refractivity contribution in [1.82, 2.24) is 10.3 Å². The first-order valence-corrected chi connectivity index (χ1v) is 7.09. The van der Waals surface area contributed by atoms with Crippen LogP contribution in [0.15, 0.2) is 59.4 Å². The van der Waals surface area contributed by atoms with Gasteiger partial charge in [0, 0.05) is 23.2 Å². The Hall–Kier alpha value is -2.88. The van der Waals surface area contributed by atoms with Gasteiger partial charge in [-0.15, -0.1) is 0 Å². The maximum atomic E-state index is 12.1. The van der Waals surface area contributed by atoms with Crippen LogP contribution in [0.25, 0.3) is 10.9 Å². The van der Waals surface area contributed by atoms with Crippen LogP contribution in [0.4, 0.5) is 0 Å². The molecule has 0 bridgehead atoms. The summed E-state index contributed by atoms with van der Waals surface area (Å²) in [6, 6.07) is 16.6. The molecule has 0 aliphatic heterocycles. The second-order valence-corrected chi connectivity index (χ2v) is 5.26. The maximum Gasteiger partial charge on any atom is 0.253 e. The second kappa shape index (κ2) is 5.85. The van der Waals surface area contributed by atoms with Gasteiger partial charge in [-0.05, 0) is 42.1 Å². The Balaban J connectivity index is 1.82. The van der Waals surface area contributed by atoms with E-state index in [0.29, 0.717) is 11.1 Å². The number of carbonyl (C=O) groups excluding carboxylic acids is 1. The van der Waals surface area contributed by atoms with E-state index in [1.807, 2.05) is 37.3 Å². The summed E-state index contributed by atoms with van der Waals surface area (Å²) in [6.45, 7) is 2.18. The topological polar surface area (TPSA) is 62.0 Å². The molecule has 3 rings (SSSR count). The number of carbonyl (C=O) groups is 1. The van der Waals surface area contributed by atoms with Crippen molar-refractivity contribution >= 4 is 16.8 Å². The van der Waals surface area contributed by atoms with Crippen LogP contribution >= 0.6 is 0 Å². The van der Waals surface area contributed by atoms with E-state index in [1.54, 1.807) is 24.3 Å². The number of pyridine rings is 1. The van der Waals surface area contributed by atoms with Crippen LogP contribution < -0.4 is 10.9 Å². The highest BCUT2D eigenvalue weighted by atomic mass is 16.1. The van der Waals surface area contributed by atoms with Gasteiger partial charge in [0.2, 0.25) is 0 Å². The molecule has 0 saturated heterocycles. The van der Waals surface area contributed by atoms with Gasteiger partial charge in [0.05, 0.1) is 0 Å². The summed E-state index contributed by atoms with van der Waals surface area (Å²) in [4.78, 5) is 27.0. The third kappa shape index (κ3) is 2.91. The molecule has 1 amide bonds. The fourth-order valence-electron chi connectivity index (χ4n) is 2.36. The number of aryl methyl sites for hydroxylation is 1. The van der Waals surface area contributed by atoms with Crippen molar-refractivity contribution < 1.29 is 4.79 Å². The smallest absolute Gasteiger partial charge is 0.253 e. The number of hydrogen-bond donors (Lipinski definition) is 2. The Bertz CT molecular complexity index is 882. The number of fused-ring (bicyclic) bond motifs is 1. The molecule has 0 unspecified atom stereocenters. The van der Waals surface area contributed by atoms with Crippen molar-refractivity contribution in [1.29, 1.82) is 0 Å². The number of aromatic nitrogens is 1. The molecule has 110 valence electrons. The summed E-state index contributed by atoms with van der Waals surface area (Å²) in [5.74, 6) is -0.191. The zero-order chi connectivity index (χ0) is 15.5. The van der Waals surface area contributed by atoms with E-state index in [9.17, 15) is 9.59 Å². The Morgan fingerprint density at radius 1 is 1.09 bits per heavy atom. The number of amides is 1. The summed E-state index contributed by atoms with van der Waals surface area (Å²) in [5.41, 5.74) is 2.85. The van der Waals surface area contributed by atoms with E-state index in [-0.39, 0.29) is 18.0 Å². The molecule has 4 nitrogen and oxygen atoms in total. The molecule has 0 saturated carbocycles. The van der Waals surface area contributed by atoms with E-state index in [2.05, 4.69) is 10.3 Å². The van der Waals surface area contributed by atoms with Gasteiger partial charge in [0.25, 0.3) is 11.5 Å². The number of aromatic amines is 1. The quantitative estimate of drug-likeness (QED) is 0.779. The molecule has 1 aromatic heterocycles. The normalized spacial score (nSPS) is 10.6. The Morgan fingerprint density at radius 3 is 2.64 bits per heavy atom. The Labute approximate surface area is 127 Å². The molecule has 2 N–H and O–H groups in total. The minimum absolute atomic E-state index is 0.175. The number of nitrogens with one attached hydrogen (secondary N) is 2. The molecule has 2 aromatic carbocycles. The first-order chi connectivity index (χ1) is 10.6. The largest absolute Gasteiger partial charge is 0.348 e. The van der Waals surface area contributed by atoms with E-state index >= 15 is 0 Å². The monoisotopic (exact) mass is 292 g/mol. The lowest BCUT2D eigenvalue weighted by molar-refractivity contribution is 0.0951. The summed E-state index contributed by atoms with van der Waals surface area (Å²) in [5, 5.41) is 3.73. The van der Waals surface area contributed by atoms with Gasteiger partial charge in [0.1, 0.15) is 0 Å². The molecule has 0 spiro atoms. The van der Waals surface area contributed by atoms with Crippen LogP contribution in [0.3, 0.4) is 0 Å². The van der Waals surface area contributed by atoms with Crippen molar-refractivity contribution in [3.8, 4) is 0 Å². The zero-order valence-electron chi connectivity index (χ0n) is 12.2. The summed E-state index contributed by atoms with van der Waals surface area (Å²) in [7, 11) is 0. The molecule has 3 aromatic rings. The Morgan fingerprint density at radius 2 is 1.86 bits per heavy atom. The van der Waals surface area contributed by atoms with E-state index in [0.717, 1.165) is 16.5 Å². The minimum atomic E-state index is -0.191. The number of H-pyrrole nitrogens is 1. The van der Waals surface area contributed by atoms with Gasteiger partial charge in [0.15, 0.2) is 0 Å². The summed E-state index contributed by atoms with van der Waals surface area (Å²) >= 11 is 0. The van der Waals surface area contributed by atoms with Crippen LogP contribution in [-0.4, -0.2) is 10.9 Å². The van der Waals surface area contributed by atoms with Crippen LogP contribution in [0.1, 0.15) is 21.5 Å². The van der Waals surface area contributed by atoms with Crippen molar-refractivity contribution in [2.45, 2.75) is 13.5 Å². The first-order valence-electron chi connectivity index (χ1n) is 7.09. The van der Waals surface area contributed by atoms with Crippen LogP contribution in [0.2, 0.25) is 0 Å². The summed E-state index contributed by atoms with van der Waals surface area (Å²) < 4.78 is 0. The van der Waals surface area contributed by atoms with Crippen LogP contribution in [-0.2, 0) is 6.54 Å². The molecule has 1 heterocycles. The van der Waals surface area contributed by atoms with Crippen molar-refractivity contribution in [3.05, 3.63) is 81.6 Å². The van der Waals surface area contributed by atoms with Crippen molar-refractivity contribution in [2.75, 3.05) is 0 Å². The zero-order valence-corrected chi connectivity index (χ0v) is 12.2. The lowest BCUT2D eigenvalue weighted by Crippen LogP contribution is -2.26. The predicted molar refractivity (Wildman–Crippen MR) is 86.9 cm³/mol. The number of benzene rings is 2. The second-order valence-electron chi connectivity index (χ2n) is 5.26. The van der Waals surface area contributed by atoms with Gasteiger partial charge < -0.3 is 10.3 Å². The highest BCUT2D eigenvalue weighted by Gasteiger charge is 2.07. The van der Waals surface area contributed by atoms with Crippen LogP contribution in [0.5, 0.6) is 0 Å². The number of hydrogen-bond acceptors (Lipinski definition) is 2. The van der Waals surface area contributed by atoms with E-state index in [1.165, 1.54) is 0 Å². The molecular weight excluding hydrogens is 276 g/mol. The molecule has 0 radical (unpaired) electrons. The third-order valence-corrected chi connectivity index (χ3v) is 3.55. The van der Waals surface area contributed by atoms with Gasteiger partial charge in [-0.3, -0.25) is 9.59 Å². The van der Waals surface area contributed by atoms with Crippen molar-refractivity contribution in [2.24, 2.45) is 0 Å². The molecule has 0 aliphatic carbocycles. The molecule has 0 aliphatic rings. The van der Waals surface area contributed by atoms with E-state index < -0.39 is 0 Å². The van der Waals surface area contributed by atoms with Gasteiger partial charge in [-0.2, -0.15) is 0 Å². The third-order valence-electron chi connectivity index (χ3n) is 3.55. The molecular formula is C18H16N2O2. The molecule has 22 heavy (non-hydrogen) atoms. The maximum absolute atomic E-state index is 12.1. The average molecular weight is 292 g/mol. The van der Waals surface area contributed by atoms with Crippen molar-refractivity contribution in [3.63, 3.8) is 0 Å². The van der Waals surface area contributed by atoms with Gasteiger partial charge in [-0.25, -0.2) is 0 Å². The van der Waals surface area contributed by atoms with Crippen LogP contribution in [0, 0.1) is 6.92 Å². The molecule has 0 atom stereocenters. The van der Waals surface area contributed by atoms with Gasteiger partial charge >= 0.3 is 0 Å². The highest BCUT2D eigenvalue weighted by Crippen LogP contribution is 2.13. The summed E-state index contributed by atoms with van der Waals surface area (Å²) in [6.07, 6.45) is 0. The number of rotatable bonds is 3. The lowest BCUT2D eigenvalue weighted by Gasteiger charge is -2.06. The predicted octanol–water partition coefficient (Wildman–Crippen LogP) is 2.77. The molecule has 4 heteroatoms. The lowest BCUT2D eigenvalue weighted by atomic mass is 10.1. The fourth-order valence-corrected chi connectivity index (χ4v) is 2.36. The first kappa shape index (κ1) is 14.1. The molecule has 0 fully saturated rings. The SMILES string of the molecule is Cc1ccc2cc(CNC(=O)c3ccccc3)c(=O)[nH]c2c1.